The molecular formula is C15H22O2. The van der Waals surface area contributed by atoms with E-state index in [-0.39, 0.29) is 11.8 Å². The van der Waals surface area contributed by atoms with Crippen molar-refractivity contribution in [3.8, 4) is 0 Å². The van der Waals surface area contributed by atoms with Crippen LogP contribution in [-0.2, 0) is 4.79 Å². The van der Waals surface area contributed by atoms with Crippen LogP contribution in [0, 0.1) is 5.92 Å². The number of aliphatic carboxylic acids is 1. The van der Waals surface area contributed by atoms with E-state index < -0.39 is 5.97 Å². The highest BCUT2D eigenvalue weighted by molar-refractivity contribution is 5.76. The molecule has 0 saturated carbocycles. The fourth-order valence-corrected chi connectivity index (χ4v) is 2.26. The number of benzene rings is 1. The third kappa shape index (κ3) is 4.22. The standard InChI is InChI=1S/C15H22O2/c1-3-4-6-9-12(2)14(15(16)17)13-10-7-5-8-11-13/h5,7-8,10-12,14H,3-4,6,9H2,1-2H3,(H,16,17). The van der Waals surface area contributed by atoms with Crippen molar-refractivity contribution in [2.75, 3.05) is 0 Å². The minimum absolute atomic E-state index is 0.196. The summed E-state index contributed by atoms with van der Waals surface area (Å²) in [5.74, 6) is -0.880. The molecule has 17 heavy (non-hydrogen) atoms. The Morgan fingerprint density at radius 2 is 1.88 bits per heavy atom. The van der Waals surface area contributed by atoms with Gasteiger partial charge >= 0.3 is 5.97 Å². The van der Waals surface area contributed by atoms with Crippen LogP contribution in [0.25, 0.3) is 0 Å². The molecule has 1 rings (SSSR count). The van der Waals surface area contributed by atoms with Crippen molar-refractivity contribution in [3.05, 3.63) is 35.9 Å². The number of hydrogen-bond donors (Lipinski definition) is 1. The minimum atomic E-state index is -0.708. The topological polar surface area (TPSA) is 37.3 Å². The Hall–Kier alpha value is -1.31. The van der Waals surface area contributed by atoms with Gasteiger partial charge in [0.05, 0.1) is 5.92 Å². The normalized spacial score (nSPS) is 14.2. The van der Waals surface area contributed by atoms with E-state index in [1.165, 1.54) is 12.8 Å². The molecule has 0 aliphatic rings. The summed E-state index contributed by atoms with van der Waals surface area (Å²) in [6.07, 6.45) is 4.47. The molecule has 1 aromatic rings. The highest BCUT2D eigenvalue weighted by Gasteiger charge is 2.25. The number of rotatable bonds is 7. The first kappa shape index (κ1) is 13.8. The lowest BCUT2D eigenvalue weighted by atomic mass is 9.84. The predicted molar refractivity (Wildman–Crippen MR) is 70.1 cm³/mol. The fourth-order valence-electron chi connectivity index (χ4n) is 2.26. The number of carbonyl (C=O) groups is 1. The molecule has 1 aromatic carbocycles. The van der Waals surface area contributed by atoms with Gasteiger partial charge in [-0.05, 0) is 17.9 Å². The second-order valence-corrected chi connectivity index (χ2v) is 4.70. The molecule has 0 bridgehead atoms. The maximum absolute atomic E-state index is 11.4. The molecule has 94 valence electrons. The van der Waals surface area contributed by atoms with E-state index in [2.05, 4.69) is 6.92 Å². The second-order valence-electron chi connectivity index (χ2n) is 4.70. The predicted octanol–water partition coefficient (Wildman–Crippen LogP) is 4.07. The Morgan fingerprint density at radius 1 is 1.24 bits per heavy atom. The lowest BCUT2D eigenvalue weighted by Crippen LogP contribution is -2.19. The molecule has 0 radical (unpaired) electrons. The van der Waals surface area contributed by atoms with Crippen LogP contribution in [0.15, 0.2) is 30.3 Å². The Bertz CT molecular complexity index is 332. The molecule has 0 aliphatic carbocycles. The zero-order chi connectivity index (χ0) is 12.7. The smallest absolute Gasteiger partial charge is 0.311 e. The van der Waals surface area contributed by atoms with Gasteiger partial charge in [0.2, 0.25) is 0 Å². The first-order chi connectivity index (χ1) is 8.16. The number of carboxylic acid groups (broad SMARTS) is 1. The van der Waals surface area contributed by atoms with Crippen molar-refractivity contribution in [2.24, 2.45) is 5.92 Å². The molecule has 2 nitrogen and oxygen atoms in total. The molecule has 2 heteroatoms. The molecule has 0 heterocycles. The Balaban J connectivity index is 2.69. The van der Waals surface area contributed by atoms with Crippen LogP contribution >= 0.6 is 0 Å². The van der Waals surface area contributed by atoms with Gasteiger partial charge < -0.3 is 5.11 Å². The first-order valence-electron chi connectivity index (χ1n) is 6.44. The van der Waals surface area contributed by atoms with Crippen molar-refractivity contribution >= 4 is 5.97 Å². The van der Waals surface area contributed by atoms with Gasteiger partial charge in [0.25, 0.3) is 0 Å². The summed E-state index contributed by atoms with van der Waals surface area (Å²) in [4.78, 5) is 11.4. The van der Waals surface area contributed by atoms with E-state index >= 15 is 0 Å². The lowest BCUT2D eigenvalue weighted by molar-refractivity contribution is -0.140. The number of unbranched alkanes of at least 4 members (excludes halogenated alkanes) is 2. The molecule has 0 aromatic heterocycles. The summed E-state index contributed by atoms with van der Waals surface area (Å²) in [5, 5.41) is 9.35. The zero-order valence-corrected chi connectivity index (χ0v) is 10.7. The average Bonchev–Trinajstić information content (AvgIpc) is 2.30. The van der Waals surface area contributed by atoms with Crippen LogP contribution in [0.1, 0.15) is 51.0 Å². The largest absolute Gasteiger partial charge is 0.481 e. The third-order valence-corrected chi connectivity index (χ3v) is 3.26. The van der Waals surface area contributed by atoms with E-state index in [4.69, 9.17) is 0 Å². The zero-order valence-electron chi connectivity index (χ0n) is 10.7. The van der Waals surface area contributed by atoms with E-state index in [1.54, 1.807) is 0 Å². The Morgan fingerprint density at radius 3 is 2.41 bits per heavy atom. The second kappa shape index (κ2) is 7.10. The van der Waals surface area contributed by atoms with Crippen LogP contribution in [0.5, 0.6) is 0 Å². The van der Waals surface area contributed by atoms with Crippen LogP contribution in [-0.4, -0.2) is 11.1 Å². The summed E-state index contributed by atoms with van der Waals surface area (Å²) in [6.45, 7) is 4.21. The lowest BCUT2D eigenvalue weighted by Gasteiger charge is -2.20. The van der Waals surface area contributed by atoms with Crippen LogP contribution in [0.3, 0.4) is 0 Å². The summed E-state index contributed by atoms with van der Waals surface area (Å²) >= 11 is 0. The SMILES string of the molecule is CCCCCC(C)C(C(=O)O)c1ccccc1. The van der Waals surface area contributed by atoms with Crippen LogP contribution < -0.4 is 0 Å². The van der Waals surface area contributed by atoms with Gasteiger partial charge in [-0.1, -0.05) is 63.4 Å². The molecule has 0 amide bonds. The quantitative estimate of drug-likeness (QED) is 0.722. The third-order valence-electron chi connectivity index (χ3n) is 3.26. The molecule has 0 spiro atoms. The molecule has 1 N–H and O–H groups in total. The van der Waals surface area contributed by atoms with Gasteiger partial charge in [0.15, 0.2) is 0 Å². The van der Waals surface area contributed by atoms with Crippen molar-refractivity contribution in [1.82, 2.24) is 0 Å². The van der Waals surface area contributed by atoms with Gasteiger partial charge in [0.1, 0.15) is 0 Å². The van der Waals surface area contributed by atoms with Gasteiger partial charge in [-0.25, -0.2) is 0 Å². The van der Waals surface area contributed by atoms with Crippen molar-refractivity contribution in [1.29, 1.82) is 0 Å². The maximum Gasteiger partial charge on any atom is 0.311 e. The van der Waals surface area contributed by atoms with Gasteiger partial charge in [-0.15, -0.1) is 0 Å². The Kier molecular flexibility index (Phi) is 5.75. The number of hydrogen-bond acceptors (Lipinski definition) is 1. The highest BCUT2D eigenvalue weighted by Crippen LogP contribution is 2.28. The number of carboxylic acids is 1. The van der Waals surface area contributed by atoms with Gasteiger partial charge in [-0.2, -0.15) is 0 Å². The highest BCUT2D eigenvalue weighted by atomic mass is 16.4. The van der Waals surface area contributed by atoms with Gasteiger partial charge in [-0.3, -0.25) is 4.79 Å². The van der Waals surface area contributed by atoms with E-state index in [0.29, 0.717) is 0 Å². The van der Waals surface area contributed by atoms with E-state index in [9.17, 15) is 9.90 Å². The average molecular weight is 234 g/mol. The maximum atomic E-state index is 11.4. The molecule has 0 fully saturated rings. The fraction of sp³-hybridized carbons (Fsp3) is 0.533. The molecule has 0 aliphatic heterocycles. The van der Waals surface area contributed by atoms with Crippen molar-refractivity contribution in [2.45, 2.75) is 45.4 Å². The van der Waals surface area contributed by atoms with Crippen molar-refractivity contribution in [3.63, 3.8) is 0 Å². The van der Waals surface area contributed by atoms with E-state index in [0.717, 1.165) is 18.4 Å². The summed E-state index contributed by atoms with van der Waals surface area (Å²) < 4.78 is 0. The first-order valence-corrected chi connectivity index (χ1v) is 6.44. The van der Waals surface area contributed by atoms with Crippen molar-refractivity contribution < 1.29 is 9.90 Å². The Labute approximate surface area is 104 Å². The summed E-state index contributed by atoms with van der Waals surface area (Å²) in [7, 11) is 0. The van der Waals surface area contributed by atoms with Crippen LogP contribution in [0.2, 0.25) is 0 Å². The van der Waals surface area contributed by atoms with Crippen LogP contribution in [0.4, 0.5) is 0 Å². The minimum Gasteiger partial charge on any atom is -0.481 e. The van der Waals surface area contributed by atoms with E-state index in [1.807, 2.05) is 37.3 Å². The summed E-state index contributed by atoms with van der Waals surface area (Å²) in [6, 6.07) is 9.56. The molecule has 0 saturated heterocycles. The molecular weight excluding hydrogens is 212 g/mol. The van der Waals surface area contributed by atoms with Gasteiger partial charge in [0, 0.05) is 0 Å². The monoisotopic (exact) mass is 234 g/mol. The molecule has 2 unspecified atom stereocenters. The molecule has 2 atom stereocenters. The summed E-state index contributed by atoms with van der Waals surface area (Å²) in [5.41, 5.74) is 0.920.